The first-order valence-electron chi connectivity index (χ1n) is 8.31. The molecular formula is C17H20N6O3. The number of carbonyl (C=O) groups excluding carboxylic acids is 3. The maximum absolute atomic E-state index is 12.6. The summed E-state index contributed by atoms with van der Waals surface area (Å²) >= 11 is 0. The highest BCUT2D eigenvalue weighted by atomic mass is 16.2. The number of hydrogen-bond acceptors (Lipinski definition) is 5. The minimum absolute atomic E-state index is 0.0277. The molecule has 1 fully saturated rings. The highest BCUT2D eigenvalue weighted by Crippen LogP contribution is 2.19. The molecule has 3 rings (SSSR count). The van der Waals surface area contributed by atoms with E-state index in [-0.39, 0.29) is 35.0 Å². The molecule has 1 aliphatic heterocycles. The summed E-state index contributed by atoms with van der Waals surface area (Å²) in [5.41, 5.74) is 6.11. The summed E-state index contributed by atoms with van der Waals surface area (Å²) in [5, 5.41) is 9.38. The first-order valence-corrected chi connectivity index (χ1v) is 8.31. The van der Waals surface area contributed by atoms with Crippen molar-refractivity contribution in [2.75, 3.05) is 13.1 Å². The molecule has 0 radical (unpaired) electrons. The SMILES string of the molecule is CC1CN(C(=O)c2ccc(C(N)=O)cn2)CCC1NC(=O)c1ccn[nH]1. The average Bonchev–Trinajstić information content (AvgIpc) is 3.17. The number of amides is 3. The van der Waals surface area contributed by atoms with Gasteiger partial charge in [-0.15, -0.1) is 0 Å². The molecule has 1 saturated heterocycles. The Labute approximate surface area is 150 Å². The normalized spacial score (nSPS) is 19.8. The Bertz CT molecular complexity index is 802. The van der Waals surface area contributed by atoms with Crippen molar-refractivity contribution in [3.63, 3.8) is 0 Å². The molecule has 26 heavy (non-hydrogen) atoms. The van der Waals surface area contributed by atoms with Gasteiger partial charge in [-0.05, 0) is 30.5 Å². The number of aromatic amines is 1. The maximum Gasteiger partial charge on any atom is 0.272 e. The lowest BCUT2D eigenvalue weighted by molar-refractivity contribution is 0.0626. The fraction of sp³-hybridized carbons (Fsp3) is 0.353. The number of aromatic nitrogens is 3. The number of likely N-dealkylation sites (tertiary alicyclic amines) is 1. The topological polar surface area (TPSA) is 134 Å². The lowest BCUT2D eigenvalue weighted by Crippen LogP contribution is -2.51. The van der Waals surface area contributed by atoms with Gasteiger partial charge < -0.3 is 16.0 Å². The van der Waals surface area contributed by atoms with Crippen molar-refractivity contribution in [3.05, 3.63) is 47.5 Å². The molecule has 9 heteroatoms. The van der Waals surface area contributed by atoms with Crippen LogP contribution >= 0.6 is 0 Å². The molecule has 2 unspecified atom stereocenters. The Kier molecular flexibility index (Phi) is 4.97. The van der Waals surface area contributed by atoms with Gasteiger partial charge in [0.15, 0.2) is 0 Å². The van der Waals surface area contributed by atoms with Gasteiger partial charge in [0.05, 0.1) is 5.56 Å². The van der Waals surface area contributed by atoms with Gasteiger partial charge in [0.2, 0.25) is 5.91 Å². The highest BCUT2D eigenvalue weighted by Gasteiger charge is 2.30. The van der Waals surface area contributed by atoms with Crippen LogP contribution in [0.4, 0.5) is 0 Å². The van der Waals surface area contributed by atoms with Gasteiger partial charge in [0, 0.05) is 31.5 Å². The molecular weight excluding hydrogens is 336 g/mol. The molecule has 9 nitrogen and oxygen atoms in total. The molecule has 4 N–H and O–H groups in total. The Morgan fingerprint density at radius 1 is 1.31 bits per heavy atom. The second kappa shape index (κ2) is 7.34. The number of piperidine rings is 1. The largest absolute Gasteiger partial charge is 0.366 e. The third-order valence-corrected chi connectivity index (χ3v) is 4.52. The predicted molar refractivity (Wildman–Crippen MR) is 92.3 cm³/mol. The predicted octanol–water partition coefficient (Wildman–Crippen LogP) is 0.184. The fourth-order valence-electron chi connectivity index (χ4n) is 3.00. The van der Waals surface area contributed by atoms with Gasteiger partial charge in [0.25, 0.3) is 11.8 Å². The van der Waals surface area contributed by atoms with E-state index in [1.54, 1.807) is 11.0 Å². The van der Waals surface area contributed by atoms with E-state index in [4.69, 9.17) is 5.73 Å². The van der Waals surface area contributed by atoms with Crippen LogP contribution in [0, 0.1) is 5.92 Å². The van der Waals surface area contributed by atoms with Crippen molar-refractivity contribution in [2.24, 2.45) is 11.7 Å². The standard InChI is InChI=1S/C17H20N6O3/c1-10-9-23(17(26)14-3-2-11(8-19-14)15(18)24)7-5-12(10)21-16(25)13-4-6-20-22-13/h2-4,6,8,10,12H,5,7,9H2,1H3,(H2,18,24)(H,20,22)(H,21,25). The second-order valence-corrected chi connectivity index (χ2v) is 6.36. The Balaban J connectivity index is 1.60. The molecule has 2 aromatic rings. The number of nitrogens with two attached hydrogens (primary N) is 1. The molecule has 2 atom stereocenters. The molecule has 0 spiro atoms. The number of pyridine rings is 1. The van der Waals surface area contributed by atoms with Crippen LogP contribution in [0.15, 0.2) is 30.6 Å². The van der Waals surface area contributed by atoms with Gasteiger partial charge in [-0.2, -0.15) is 5.10 Å². The fourth-order valence-corrected chi connectivity index (χ4v) is 3.00. The molecule has 0 aromatic carbocycles. The van der Waals surface area contributed by atoms with Crippen molar-refractivity contribution in [2.45, 2.75) is 19.4 Å². The van der Waals surface area contributed by atoms with Crippen LogP contribution in [0.1, 0.15) is 44.7 Å². The summed E-state index contributed by atoms with van der Waals surface area (Å²) in [4.78, 5) is 41.5. The van der Waals surface area contributed by atoms with Gasteiger partial charge in [-0.3, -0.25) is 24.5 Å². The third-order valence-electron chi connectivity index (χ3n) is 4.52. The second-order valence-electron chi connectivity index (χ2n) is 6.36. The number of nitrogens with zero attached hydrogens (tertiary/aromatic N) is 3. The van der Waals surface area contributed by atoms with Gasteiger partial charge in [0.1, 0.15) is 11.4 Å². The van der Waals surface area contributed by atoms with E-state index in [1.165, 1.54) is 24.5 Å². The number of H-pyrrole nitrogens is 1. The third kappa shape index (κ3) is 3.71. The summed E-state index contributed by atoms with van der Waals surface area (Å²) in [5.74, 6) is -0.905. The summed E-state index contributed by atoms with van der Waals surface area (Å²) in [7, 11) is 0. The van der Waals surface area contributed by atoms with Crippen molar-refractivity contribution < 1.29 is 14.4 Å². The van der Waals surface area contributed by atoms with E-state index in [0.29, 0.717) is 25.2 Å². The molecule has 0 aliphatic carbocycles. The number of rotatable bonds is 4. The van der Waals surface area contributed by atoms with Crippen LogP contribution in [0.25, 0.3) is 0 Å². The lowest BCUT2D eigenvalue weighted by atomic mass is 9.93. The quantitative estimate of drug-likeness (QED) is 0.718. The molecule has 0 saturated carbocycles. The first-order chi connectivity index (χ1) is 12.5. The van der Waals surface area contributed by atoms with Crippen LogP contribution in [0.2, 0.25) is 0 Å². The summed E-state index contributed by atoms with van der Waals surface area (Å²) in [6, 6.07) is 4.57. The van der Waals surface area contributed by atoms with Crippen molar-refractivity contribution in [1.82, 2.24) is 25.4 Å². The zero-order valence-electron chi connectivity index (χ0n) is 14.3. The molecule has 3 heterocycles. The molecule has 3 amide bonds. The summed E-state index contributed by atoms with van der Waals surface area (Å²) in [6.07, 6.45) is 3.47. The van der Waals surface area contributed by atoms with E-state index in [1.807, 2.05) is 6.92 Å². The minimum atomic E-state index is -0.584. The number of hydrogen-bond donors (Lipinski definition) is 3. The van der Waals surface area contributed by atoms with Crippen LogP contribution in [0.3, 0.4) is 0 Å². The molecule has 1 aliphatic rings. The van der Waals surface area contributed by atoms with Gasteiger partial charge in [-0.25, -0.2) is 0 Å². The highest BCUT2D eigenvalue weighted by molar-refractivity contribution is 5.95. The van der Waals surface area contributed by atoms with E-state index in [9.17, 15) is 14.4 Å². The minimum Gasteiger partial charge on any atom is -0.366 e. The number of nitrogens with one attached hydrogen (secondary N) is 2. The number of primary amides is 1. The monoisotopic (exact) mass is 356 g/mol. The Morgan fingerprint density at radius 3 is 2.69 bits per heavy atom. The maximum atomic E-state index is 12.6. The van der Waals surface area contributed by atoms with Crippen molar-refractivity contribution in [1.29, 1.82) is 0 Å². The van der Waals surface area contributed by atoms with Crippen molar-refractivity contribution >= 4 is 17.7 Å². The van der Waals surface area contributed by atoms with Crippen LogP contribution in [-0.2, 0) is 0 Å². The van der Waals surface area contributed by atoms with Crippen molar-refractivity contribution in [3.8, 4) is 0 Å². The van der Waals surface area contributed by atoms with E-state index in [0.717, 1.165) is 0 Å². The Morgan fingerprint density at radius 2 is 2.12 bits per heavy atom. The molecule has 2 aromatic heterocycles. The first kappa shape index (κ1) is 17.6. The van der Waals surface area contributed by atoms with E-state index < -0.39 is 5.91 Å². The zero-order valence-corrected chi connectivity index (χ0v) is 14.3. The smallest absolute Gasteiger partial charge is 0.272 e. The Hall–Kier alpha value is -3.23. The number of carbonyl (C=O) groups is 3. The van der Waals surface area contributed by atoms with E-state index in [2.05, 4.69) is 20.5 Å². The average molecular weight is 356 g/mol. The lowest BCUT2D eigenvalue weighted by Gasteiger charge is -2.37. The van der Waals surface area contributed by atoms with Crippen LogP contribution in [0.5, 0.6) is 0 Å². The zero-order chi connectivity index (χ0) is 18.7. The van der Waals surface area contributed by atoms with E-state index >= 15 is 0 Å². The van der Waals surface area contributed by atoms with Crippen LogP contribution in [-0.4, -0.2) is 56.9 Å². The molecule has 0 bridgehead atoms. The molecule has 136 valence electrons. The van der Waals surface area contributed by atoms with Gasteiger partial charge >= 0.3 is 0 Å². The van der Waals surface area contributed by atoms with Gasteiger partial charge in [-0.1, -0.05) is 6.92 Å². The van der Waals surface area contributed by atoms with Crippen LogP contribution < -0.4 is 11.1 Å². The summed E-state index contributed by atoms with van der Waals surface area (Å²) < 4.78 is 0. The summed E-state index contributed by atoms with van der Waals surface area (Å²) in [6.45, 7) is 3.00.